The van der Waals surface area contributed by atoms with E-state index in [1.54, 1.807) is 24.5 Å². The molecule has 0 aromatic carbocycles. The van der Waals surface area contributed by atoms with Crippen LogP contribution in [-0.4, -0.2) is 46.2 Å². The van der Waals surface area contributed by atoms with Gasteiger partial charge in [0.1, 0.15) is 0 Å². The number of rotatable bonds is 3. The van der Waals surface area contributed by atoms with Crippen LogP contribution in [0.4, 0.5) is 5.95 Å². The van der Waals surface area contributed by atoms with Crippen molar-refractivity contribution in [1.29, 1.82) is 0 Å². The van der Waals surface area contributed by atoms with Gasteiger partial charge in [0, 0.05) is 42.8 Å². The Kier molecular flexibility index (Phi) is 5.25. The number of hydrogen-bond acceptors (Lipinski definition) is 6. The zero-order valence-electron chi connectivity index (χ0n) is 17.6. The summed E-state index contributed by atoms with van der Waals surface area (Å²) in [5.74, 6) is 0.656. The SMILES string of the molecule is C[C@@H]1CN(c2ncc3c(n2)CC(C)(C)C[C@H]3NC(=O)c2ccncc2)C[C@H](C)O1. The summed E-state index contributed by atoms with van der Waals surface area (Å²) >= 11 is 0. The van der Waals surface area contributed by atoms with Gasteiger partial charge in [0.05, 0.1) is 23.9 Å². The number of morpholine rings is 1. The third kappa shape index (κ3) is 4.40. The Bertz CT molecular complexity index is 876. The molecule has 0 saturated carbocycles. The molecule has 3 heterocycles. The molecule has 1 saturated heterocycles. The molecule has 0 unspecified atom stereocenters. The van der Waals surface area contributed by atoms with Gasteiger partial charge in [0.25, 0.3) is 5.91 Å². The highest BCUT2D eigenvalue weighted by atomic mass is 16.5. The number of amides is 1. The zero-order valence-corrected chi connectivity index (χ0v) is 17.6. The topological polar surface area (TPSA) is 80.2 Å². The van der Waals surface area contributed by atoms with Gasteiger partial charge in [0.2, 0.25) is 5.95 Å². The second-order valence-electron chi connectivity index (χ2n) is 9.04. The lowest BCUT2D eigenvalue weighted by Crippen LogP contribution is -2.46. The van der Waals surface area contributed by atoms with Crippen molar-refractivity contribution < 1.29 is 9.53 Å². The number of pyridine rings is 1. The molecule has 1 N–H and O–H groups in total. The largest absolute Gasteiger partial charge is 0.372 e. The first-order chi connectivity index (χ1) is 13.8. The highest BCUT2D eigenvalue weighted by molar-refractivity contribution is 5.94. The summed E-state index contributed by atoms with van der Waals surface area (Å²) in [6.07, 6.45) is 7.19. The van der Waals surface area contributed by atoms with Crippen LogP contribution >= 0.6 is 0 Å². The Hall–Kier alpha value is -2.54. The van der Waals surface area contributed by atoms with E-state index in [-0.39, 0.29) is 29.6 Å². The smallest absolute Gasteiger partial charge is 0.251 e. The fourth-order valence-electron chi connectivity index (χ4n) is 4.40. The average Bonchev–Trinajstić information content (AvgIpc) is 2.66. The lowest BCUT2D eigenvalue weighted by molar-refractivity contribution is -0.00575. The van der Waals surface area contributed by atoms with Crippen LogP contribution < -0.4 is 10.2 Å². The predicted octanol–water partition coefficient (Wildman–Crippen LogP) is 2.93. The number of ether oxygens (including phenoxy) is 1. The molecular weight excluding hydrogens is 366 g/mol. The molecule has 7 nitrogen and oxygen atoms in total. The molecule has 1 aliphatic carbocycles. The van der Waals surface area contributed by atoms with E-state index in [9.17, 15) is 4.79 Å². The molecule has 7 heteroatoms. The van der Waals surface area contributed by atoms with Crippen LogP contribution in [0.2, 0.25) is 0 Å². The van der Waals surface area contributed by atoms with Gasteiger partial charge < -0.3 is 15.0 Å². The minimum atomic E-state index is -0.106. The number of aromatic nitrogens is 3. The van der Waals surface area contributed by atoms with Crippen molar-refractivity contribution in [2.45, 2.75) is 58.8 Å². The van der Waals surface area contributed by atoms with Crippen LogP contribution in [0, 0.1) is 5.41 Å². The first-order valence-corrected chi connectivity index (χ1v) is 10.3. The lowest BCUT2D eigenvalue weighted by Gasteiger charge is -2.38. The van der Waals surface area contributed by atoms with Crippen LogP contribution in [0.1, 0.15) is 61.8 Å². The monoisotopic (exact) mass is 395 g/mol. The fourth-order valence-corrected chi connectivity index (χ4v) is 4.40. The number of nitrogens with zero attached hydrogens (tertiary/aromatic N) is 4. The van der Waals surface area contributed by atoms with Gasteiger partial charge in [-0.3, -0.25) is 9.78 Å². The minimum Gasteiger partial charge on any atom is -0.372 e. The summed E-state index contributed by atoms with van der Waals surface area (Å²) in [7, 11) is 0. The summed E-state index contributed by atoms with van der Waals surface area (Å²) < 4.78 is 5.84. The van der Waals surface area contributed by atoms with Crippen molar-refractivity contribution in [3.8, 4) is 0 Å². The van der Waals surface area contributed by atoms with Crippen molar-refractivity contribution in [3.05, 3.63) is 47.5 Å². The Balaban J connectivity index is 1.60. The molecule has 0 bridgehead atoms. The van der Waals surface area contributed by atoms with E-state index in [1.165, 1.54) is 0 Å². The molecule has 1 fully saturated rings. The summed E-state index contributed by atoms with van der Waals surface area (Å²) in [5, 5.41) is 3.18. The lowest BCUT2D eigenvalue weighted by atomic mass is 9.74. The Labute approximate surface area is 171 Å². The molecule has 1 aliphatic heterocycles. The molecule has 4 rings (SSSR count). The molecule has 154 valence electrons. The van der Waals surface area contributed by atoms with Gasteiger partial charge in [-0.05, 0) is 44.2 Å². The van der Waals surface area contributed by atoms with Gasteiger partial charge in [-0.15, -0.1) is 0 Å². The number of fused-ring (bicyclic) bond motifs is 1. The summed E-state index contributed by atoms with van der Waals surface area (Å²) in [6, 6.07) is 3.35. The number of carbonyl (C=O) groups excluding carboxylic acids is 1. The molecule has 0 radical (unpaired) electrons. The maximum absolute atomic E-state index is 12.7. The summed E-state index contributed by atoms with van der Waals surface area (Å²) in [4.78, 5) is 28.5. The van der Waals surface area contributed by atoms with Crippen molar-refractivity contribution in [1.82, 2.24) is 20.3 Å². The predicted molar refractivity (Wildman–Crippen MR) is 111 cm³/mol. The van der Waals surface area contributed by atoms with Crippen LogP contribution in [-0.2, 0) is 11.2 Å². The molecule has 2 aliphatic rings. The molecule has 29 heavy (non-hydrogen) atoms. The van der Waals surface area contributed by atoms with Crippen LogP contribution in [0.25, 0.3) is 0 Å². The third-order valence-corrected chi connectivity index (χ3v) is 5.62. The second-order valence-corrected chi connectivity index (χ2v) is 9.04. The molecular formula is C22H29N5O2. The van der Waals surface area contributed by atoms with E-state index in [4.69, 9.17) is 9.72 Å². The highest BCUT2D eigenvalue weighted by Gasteiger charge is 2.35. The van der Waals surface area contributed by atoms with Crippen LogP contribution in [0.3, 0.4) is 0 Å². The van der Waals surface area contributed by atoms with Gasteiger partial charge >= 0.3 is 0 Å². The van der Waals surface area contributed by atoms with Crippen molar-refractivity contribution in [2.75, 3.05) is 18.0 Å². The van der Waals surface area contributed by atoms with E-state index >= 15 is 0 Å². The number of hydrogen-bond donors (Lipinski definition) is 1. The highest BCUT2D eigenvalue weighted by Crippen LogP contribution is 2.40. The quantitative estimate of drug-likeness (QED) is 0.861. The van der Waals surface area contributed by atoms with E-state index in [1.807, 2.05) is 6.20 Å². The summed E-state index contributed by atoms with van der Waals surface area (Å²) in [5.41, 5.74) is 2.70. The van der Waals surface area contributed by atoms with Crippen LogP contribution in [0.15, 0.2) is 30.7 Å². The fraction of sp³-hybridized carbons (Fsp3) is 0.545. The number of carbonyl (C=O) groups is 1. The minimum absolute atomic E-state index is 0.0421. The summed E-state index contributed by atoms with van der Waals surface area (Å²) in [6.45, 7) is 10.2. The van der Waals surface area contributed by atoms with Crippen LogP contribution in [0.5, 0.6) is 0 Å². The van der Waals surface area contributed by atoms with Crippen molar-refractivity contribution in [3.63, 3.8) is 0 Å². The molecule has 1 amide bonds. The zero-order chi connectivity index (χ0) is 20.6. The van der Waals surface area contributed by atoms with Crippen molar-refractivity contribution in [2.24, 2.45) is 5.41 Å². The number of nitrogens with one attached hydrogen (secondary N) is 1. The van der Waals surface area contributed by atoms with E-state index in [0.717, 1.165) is 43.1 Å². The maximum atomic E-state index is 12.7. The van der Waals surface area contributed by atoms with E-state index in [2.05, 4.69) is 47.9 Å². The van der Waals surface area contributed by atoms with Crippen molar-refractivity contribution >= 4 is 11.9 Å². The molecule has 2 aromatic rings. The van der Waals surface area contributed by atoms with Gasteiger partial charge in [-0.1, -0.05) is 13.8 Å². The third-order valence-electron chi connectivity index (χ3n) is 5.62. The van der Waals surface area contributed by atoms with Gasteiger partial charge in [-0.25, -0.2) is 9.97 Å². The second kappa shape index (κ2) is 7.71. The number of anilines is 1. The Morgan fingerprint density at radius 2 is 1.90 bits per heavy atom. The standard InChI is InChI=1S/C22H29N5O2/c1-14-12-27(13-15(2)29-14)21-24-11-17-18(9-22(3,4)10-19(17)26-21)25-20(28)16-5-7-23-8-6-16/h5-8,11,14-15,18H,9-10,12-13H2,1-4H3,(H,25,28)/t14-,15+,18-/m1/s1. The molecule has 0 spiro atoms. The maximum Gasteiger partial charge on any atom is 0.251 e. The average molecular weight is 396 g/mol. The molecule has 3 atom stereocenters. The molecule has 2 aromatic heterocycles. The van der Waals surface area contributed by atoms with Gasteiger partial charge in [-0.2, -0.15) is 0 Å². The van der Waals surface area contributed by atoms with E-state index < -0.39 is 0 Å². The first-order valence-electron chi connectivity index (χ1n) is 10.3. The van der Waals surface area contributed by atoms with Gasteiger partial charge in [0.15, 0.2) is 0 Å². The Morgan fingerprint density at radius 3 is 2.59 bits per heavy atom. The Morgan fingerprint density at radius 1 is 1.21 bits per heavy atom. The first kappa shape index (κ1) is 19.8. The van der Waals surface area contributed by atoms with E-state index in [0.29, 0.717) is 5.56 Å². The normalized spacial score (nSPS) is 25.9.